The van der Waals surface area contributed by atoms with Gasteiger partial charge in [-0.1, -0.05) is 67.2 Å². The van der Waals surface area contributed by atoms with Crippen molar-refractivity contribution >= 4 is 23.8 Å². The molecular weight excluding hydrogens is 536 g/mol. The SMILES string of the molecule is CCOC(=O)CNC(=O)NCc1ccc([C@H]2O[C@@H](CSc3nnnn3C)[C@@H](C)[C@@H](c3ccc(CO)cc3)O2)cc1. The highest BCUT2D eigenvalue weighted by Gasteiger charge is 2.38. The molecule has 1 fully saturated rings. The second-order valence-corrected chi connectivity index (χ2v) is 10.3. The highest BCUT2D eigenvalue weighted by molar-refractivity contribution is 7.99. The van der Waals surface area contributed by atoms with E-state index in [-0.39, 0.29) is 44.4 Å². The largest absolute Gasteiger partial charge is 0.465 e. The first-order chi connectivity index (χ1) is 19.4. The fraction of sp³-hybridized carbons (Fsp3) is 0.444. The first kappa shape index (κ1) is 29.5. The third-order valence-electron chi connectivity index (χ3n) is 6.48. The standard InChI is InChI=1S/C27H34N6O6S/c1-4-37-23(35)14-29-26(36)28-13-18-5-11-21(12-6-18)25-38-22(16-40-27-30-31-32-33(27)3)17(2)24(39-25)20-9-7-19(15-34)8-10-20/h5-12,17,22,24-25,34H,4,13-16H2,1-3H3,(H2,28,29,36)/t17-,22+,24+,25+/m1/s1. The molecule has 1 aliphatic heterocycles. The van der Waals surface area contributed by atoms with Gasteiger partial charge in [-0.05, 0) is 34.0 Å². The van der Waals surface area contributed by atoms with Crippen LogP contribution in [0.1, 0.15) is 48.5 Å². The number of aryl methyl sites for hydroxylation is 1. The number of ether oxygens (including phenoxy) is 3. The minimum Gasteiger partial charge on any atom is -0.465 e. The van der Waals surface area contributed by atoms with Crippen LogP contribution in [0, 0.1) is 5.92 Å². The summed E-state index contributed by atoms with van der Waals surface area (Å²) in [6, 6.07) is 14.9. The van der Waals surface area contributed by atoms with Gasteiger partial charge in [-0.15, -0.1) is 5.10 Å². The Morgan fingerprint density at radius 1 is 1.05 bits per heavy atom. The van der Waals surface area contributed by atoms with Crippen LogP contribution in [-0.2, 0) is 39.2 Å². The van der Waals surface area contributed by atoms with Crippen LogP contribution >= 0.6 is 11.8 Å². The summed E-state index contributed by atoms with van der Waals surface area (Å²) < 4.78 is 19.4. The molecule has 1 saturated heterocycles. The lowest BCUT2D eigenvalue weighted by Crippen LogP contribution is -2.39. The second kappa shape index (κ2) is 14.2. The number of hydrogen-bond donors (Lipinski definition) is 3. The van der Waals surface area contributed by atoms with Gasteiger partial charge >= 0.3 is 12.0 Å². The summed E-state index contributed by atoms with van der Waals surface area (Å²) in [6.45, 7) is 4.14. The third kappa shape index (κ3) is 7.78. The van der Waals surface area contributed by atoms with Crippen molar-refractivity contribution in [3.8, 4) is 0 Å². The number of amides is 2. The smallest absolute Gasteiger partial charge is 0.325 e. The Hall–Kier alpha value is -3.52. The second-order valence-electron chi connectivity index (χ2n) is 9.30. The molecule has 4 rings (SSSR count). The van der Waals surface area contributed by atoms with Gasteiger partial charge in [0.05, 0.1) is 25.4 Å². The van der Waals surface area contributed by atoms with E-state index in [0.29, 0.717) is 10.9 Å². The lowest BCUT2D eigenvalue weighted by molar-refractivity contribution is -0.268. The van der Waals surface area contributed by atoms with Gasteiger partial charge in [-0.3, -0.25) is 4.79 Å². The highest BCUT2D eigenvalue weighted by atomic mass is 32.2. The lowest BCUT2D eigenvalue weighted by Gasteiger charge is -2.41. The number of aliphatic hydroxyl groups is 1. The minimum absolute atomic E-state index is 0.0215. The molecule has 12 nitrogen and oxygen atoms in total. The molecule has 0 unspecified atom stereocenters. The molecule has 0 radical (unpaired) electrons. The molecule has 0 bridgehead atoms. The molecule has 1 aromatic heterocycles. The third-order valence-corrected chi connectivity index (χ3v) is 7.58. The average molecular weight is 571 g/mol. The van der Waals surface area contributed by atoms with Crippen LogP contribution in [-0.4, -0.2) is 62.3 Å². The number of carbonyl (C=O) groups is 2. The molecule has 4 atom stereocenters. The Kier molecular flexibility index (Phi) is 10.5. The Morgan fingerprint density at radius 2 is 1.75 bits per heavy atom. The molecule has 2 aromatic carbocycles. The van der Waals surface area contributed by atoms with Crippen molar-refractivity contribution in [2.24, 2.45) is 13.0 Å². The summed E-state index contributed by atoms with van der Waals surface area (Å²) in [5, 5.41) is 27.0. The number of benzene rings is 2. The molecule has 13 heteroatoms. The Labute approximate surface area is 236 Å². The fourth-order valence-corrected chi connectivity index (χ4v) is 5.23. The molecule has 2 heterocycles. The molecular formula is C27H34N6O6S. The zero-order valence-electron chi connectivity index (χ0n) is 22.6. The van der Waals surface area contributed by atoms with Crippen molar-refractivity contribution in [1.82, 2.24) is 30.8 Å². The van der Waals surface area contributed by atoms with Crippen molar-refractivity contribution in [3.05, 3.63) is 70.8 Å². The van der Waals surface area contributed by atoms with Gasteiger partial charge in [-0.2, -0.15) is 0 Å². The molecule has 3 N–H and O–H groups in total. The van der Waals surface area contributed by atoms with Crippen LogP contribution in [0.2, 0.25) is 0 Å². The van der Waals surface area contributed by atoms with Crippen LogP contribution in [0.3, 0.4) is 0 Å². The summed E-state index contributed by atoms with van der Waals surface area (Å²) in [4.78, 5) is 23.4. The number of carbonyl (C=O) groups excluding carboxylic acids is 2. The maximum Gasteiger partial charge on any atom is 0.325 e. The van der Waals surface area contributed by atoms with Gasteiger partial charge in [0.2, 0.25) is 5.16 Å². The molecule has 0 saturated carbocycles. The van der Waals surface area contributed by atoms with E-state index in [0.717, 1.165) is 22.3 Å². The summed E-state index contributed by atoms with van der Waals surface area (Å²) in [7, 11) is 1.80. The van der Waals surface area contributed by atoms with Gasteiger partial charge in [-0.25, -0.2) is 9.48 Å². The summed E-state index contributed by atoms with van der Waals surface area (Å²) in [5.74, 6) is 0.168. The van der Waals surface area contributed by atoms with Crippen molar-refractivity contribution in [3.63, 3.8) is 0 Å². The predicted octanol–water partition coefficient (Wildman–Crippen LogP) is 2.65. The molecule has 0 aliphatic carbocycles. The maximum atomic E-state index is 12.0. The number of hydrogen-bond acceptors (Lipinski definition) is 10. The van der Waals surface area contributed by atoms with Crippen molar-refractivity contribution in [2.45, 2.75) is 50.7 Å². The Balaban J connectivity index is 1.43. The number of aromatic nitrogens is 4. The summed E-state index contributed by atoms with van der Waals surface area (Å²) >= 11 is 1.52. The number of thioether (sulfide) groups is 1. The van der Waals surface area contributed by atoms with E-state index in [4.69, 9.17) is 14.2 Å². The monoisotopic (exact) mass is 570 g/mol. The number of rotatable bonds is 11. The predicted molar refractivity (Wildman–Crippen MR) is 146 cm³/mol. The number of aliphatic hydroxyl groups excluding tert-OH is 1. The van der Waals surface area contributed by atoms with Crippen LogP contribution in [0.5, 0.6) is 0 Å². The van der Waals surface area contributed by atoms with Crippen LogP contribution in [0.25, 0.3) is 0 Å². The fourth-order valence-electron chi connectivity index (χ4n) is 4.21. The molecule has 1 aliphatic rings. The van der Waals surface area contributed by atoms with Crippen LogP contribution < -0.4 is 10.6 Å². The van der Waals surface area contributed by atoms with E-state index < -0.39 is 18.3 Å². The zero-order chi connectivity index (χ0) is 28.5. The lowest BCUT2D eigenvalue weighted by atomic mass is 9.91. The molecule has 0 spiro atoms. The van der Waals surface area contributed by atoms with Gasteiger partial charge in [0.1, 0.15) is 6.54 Å². The van der Waals surface area contributed by atoms with Gasteiger partial charge in [0.25, 0.3) is 0 Å². The molecule has 214 valence electrons. The molecule has 2 amide bonds. The van der Waals surface area contributed by atoms with Crippen molar-refractivity contribution < 1.29 is 28.9 Å². The van der Waals surface area contributed by atoms with E-state index >= 15 is 0 Å². The average Bonchev–Trinajstić information content (AvgIpc) is 3.39. The number of esters is 1. The number of nitrogens with one attached hydrogen (secondary N) is 2. The highest BCUT2D eigenvalue weighted by Crippen LogP contribution is 2.42. The Bertz CT molecular complexity index is 1260. The van der Waals surface area contributed by atoms with Crippen LogP contribution in [0.4, 0.5) is 4.79 Å². The summed E-state index contributed by atoms with van der Waals surface area (Å²) in [6.07, 6.45) is -1.01. The topological polar surface area (TPSA) is 150 Å². The number of urea groups is 1. The van der Waals surface area contributed by atoms with Crippen molar-refractivity contribution in [2.75, 3.05) is 18.9 Å². The van der Waals surface area contributed by atoms with Gasteiger partial charge in [0, 0.05) is 30.8 Å². The van der Waals surface area contributed by atoms with Crippen molar-refractivity contribution in [1.29, 1.82) is 0 Å². The first-order valence-corrected chi connectivity index (χ1v) is 14.0. The van der Waals surface area contributed by atoms with E-state index in [1.165, 1.54) is 11.8 Å². The normalized spacial score (nSPS) is 20.6. The Morgan fingerprint density at radius 3 is 2.40 bits per heavy atom. The van der Waals surface area contributed by atoms with Crippen LogP contribution in [0.15, 0.2) is 53.7 Å². The number of nitrogens with zero attached hydrogens (tertiary/aromatic N) is 4. The van der Waals surface area contributed by atoms with E-state index in [2.05, 4.69) is 33.1 Å². The van der Waals surface area contributed by atoms with Gasteiger partial charge in [0.15, 0.2) is 6.29 Å². The van der Waals surface area contributed by atoms with E-state index in [1.807, 2.05) is 48.5 Å². The minimum atomic E-state index is -0.614. The van der Waals surface area contributed by atoms with Gasteiger partial charge < -0.3 is 30.0 Å². The molecule has 40 heavy (non-hydrogen) atoms. The van der Waals surface area contributed by atoms with E-state index in [9.17, 15) is 14.7 Å². The number of tetrazole rings is 1. The molecule has 3 aromatic rings. The maximum absolute atomic E-state index is 12.0. The first-order valence-electron chi connectivity index (χ1n) is 13.0. The zero-order valence-corrected chi connectivity index (χ0v) is 23.5. The summed E-state index contributed by atoms with van der Waals surface area (Å²) in [5.41, 5.74) is 3.55. The quantitative estimate of drug-likeness (QED) is 0.232. The van der Waals surface area contributed by atoms with E-state index in [1.54, 1.807) is 18.7 Å².